The Morgan fingerprint density at radius 1 is 1.00 bits per heavy atom. The SMILES string of the molecule is Clc1cccc(COc2ccc3ccccc3c2CNC2CC2)c1. The molecule has 0 spiro atoms. The van der Waals surface area contributed by atoms with Gasteiger partial charge in [0.2, 0.25) is 0 Å². The van der Waals surface area contributed by atoms with Gasteiger partial charge in [-0.1, -0.05) is 54.1 Å². The average molecular weight is 338 g/mol. The number of nitrogens with one attached hydrogen (secondary N) is 1. The lowest BCUT2D eigenvalue weighted by Gasteiger charge is -2.15. The van der Waals surface area contributed by atoms with Crippen LogP contribution < -0.4 is 10.1 Å². The van der Waals surface area contributed by atoms with Crippen molar-refractivity contribution in [1.29, 1.82) is 0 Å². The predicted octanol–water partition coefficient (Wildman–Crippen LogP) is 5.32. The van der Waals surface area contributed by atoms with E-state index in [1.165, 1.54) is 29.2 Å². The van der Waals surface area contributed by atoms with Gasteiger partial charge in [0.25, 0.3) is 0 Å². The van der Waals surface area contributed by atoms with E-state index in [1.54, 1.807) is 0 Å². The van der Waals surface area contributed by atoms with Gasteiger partial charge in [-0.15, -0.1) is 0 Å². The molecule has 0 atom stereocenters. The average Bonchev–Trinajstić information content (AvgIpc) is 3.43. The standard InChI is InChI=1S/C21H20ClNO/c22-17-6-3-4-15(12-17)14-24-21-11-8-16-5-1-2-7-19(16)20(21)13-23-18-9-10-18/h1-8,11-12,18,23H,9-10,13-14H2. The molecule has 0 aromatic heterocycles. The molecule has 4 rings (SSSR count). The molecule has 3 aromatic carbocycles. The summed E-state index contributed by atoms with van der Waals surface area (Å²) >= 11 is 6.06. The van der Waals surface area contributed by atoms with Gasteiger partial charge >= 0.3 is 0 Å². The van der Waals surface area contributed by atoms with Gasteiger partial charge in [0.1, 0.15) is 12.4 Å². The summed E-state index contributed by atoms with van der Waals surface area (Å²) < 4.78 is 6.14. The molecule has 122 valence electrons. The Morgan fingerprint density at radius 2 is 1.88 bits per heavy atom. The zero-order chi connectivity index (χ0) is 16.4. The second-order valence-corrected chi connectivity index (χ2v) is 6.77. The fraction of sp³-hybridized carbons (Fsp3) is 0.238. The summed E-state index contributed by atoms with van der Waals surface area (Å²) in [6.45, 7) is 1.37. The third kappa shape index (κ3) is 3.55. The number of benzene rings is 3. The fourth-order valence-electron chi connectivity index (χ4n) is 2.96. The summed E-state index contributed by atoms with van der Waals surface area (Å²) in [6.07, 6.45) is 2.56. The molecule has 0 heterocycles. The first-order valence-electron chi connectivity index (χ1n) is 8.41. The molecule has 0 aliphatic heterocycles. The van der Waals surface area contributed by atoms with Crippen LogP contribution in [0.1, 0.15) is 24.0 Å². The topological polar surface area (TPSA) is 21.3 Å². The Labute approximate surface area is 147 Å². The van der Waals surface area contributed by atoms with Crippen LogP contribution in [0.3, 0.4) is 0 Å². The van der Waals surface area contributed by atoms with Gasteiger partial charge in [0, 0.05) is 23.2 Å². The monoisotopic (exact) mass is 337 g/mol. The summed E-state index contributed by atoms with van der Waals surface area (Å²) in [4.78, 5) is 0. The van der Waals surface area contributed by atoms with Crippen molar-refractivity contribution >= 4 is 22.4 Å². The summed E-state index contributed by atoms with van der Waals surface area (Å²) in [7, 11) is 0. The highest BCUT2D eigenvalue weighted by molar-refractivity contribution is 6.30. The second kappa shape index (κ2) is 6.84. The maximum absolute atomic E-state index is 6.14. The smallest absolute Gasteiger partial charge is 0.124 e. The van der Waals surface area contributed by atoms with Crippen molar-refractivity contribution in [3.63, 3.8) is 0 Å². The van der Waals surface area contributed by atoms with Crippen LogP contribution in [0.15, 0.2) is 60.7 Å². The van der Waals surface area contributed by atoms with Gasteiger partial charge in [-0.05, 0) is 47.4 Å². The van der Waals surface area contributed by atoms with Crippen LogP contribution in [0.2, 0.25) is 5.02 Å². The Kier molecular flexibility index (Phi) is 4.42. The third-order valence-corrected chi connectivity index (χ3v) is 4.66. The van der Waals surface area contributed by atoms with Crippen LogP contribution in [0.5, 0.6) is 5.75 Å². The van der Waals surface area contributed by atoms with Gasteiger partial charge < -0.3 is 10.1 Å². The van der Waals surface area contributed by atoms with Gasteiger partial charge in [-0.25, -0.2) is 0 Å². The van der Waals surface area contributed by atoms with Crippen molar-refractivity contribution in [2.24, 2.45) is 0 Å². The lowest BCUT2D eigenvalue weighted by atomic mass is 10.0. The fourth-order valence-corrected chi connectivity index (χ4v) is 3.17. The van der Waals surface area contributed by atoms with E-state index in [-0.39, 0.29) is 0 Å². The lowest BCUT2D eigenvalue weighted by Crippen LogP contribution is -2.16. The molecule has 1 saturated carbocycles. The van der Waals surface area contributed by atoms with Crippen molar-refractivity contribution in [2.75, 3.05) is 0 Å². The first-order chi connectivity index (χ1) is 11.8. The summed E-state index contributed by atoms with van der Waals surface area (Å²) in [6, 6.07) is 21.2. The maximum Gasteiger partial charge on any atom is 0.124 e. The van der Waals surface area contributed by atoms with Crippen LogP contribution in [-0.4, -0.2) is 6.04 Å². The molecule has 2 nitrogen and oxygen atoms in total. The second-order valence-electron chi connectivity index (χ2n) is 6.34. The quantitative estimate of drug-likeness (QED) is 0.657. The first-order valence-corrected chi connectivity index (χ1v) is 8.78. The predicted molar refractivity (Wildman–Crippen MR) is 99.6 cm³/mol. The van der Waals surface area contributed by atoms with E-state index in [9.17, 15) is 0 Å². The molecule has 0 saturated heterocycles. The Morgan fingerprint density at radius 3 is 2.71 bits per heavy atom. The highest BCUT2D eigenvalue weighted by Gasteiger charge is 2.21. The number of ether oxygens (including phenoxy) is 1. The molecule has 1 aliphatic rings. The van der Waals surface area contributed by atoms with E-state index in [0.29, 0.717) is 12.6 Å². The minimum absolute atomic E-state index is 0.523. The zero-order valence-corrected chi connectivity index (χ0v) is 14.2. The number of rotatable bonds is 6. The van der Waals surface area contributed by atoms with Gasteiger partial charge in [0.15, 0.2) is 0 Å². The molecular formula is C21H20ClNO. The Balaban J connectivity index is 1.61. The summed E-state index contributed by atoms with van der Waals surface area (Å²) in [5.74, 6) is 0.946. The van der Waals surface area contributed by atoms with Crippen LogP contribution in [-0.2, 0) is 13.2 Å². The highest BCUT2D eigenvalue weighted by Crippen LogP contribution is 2.30. The molecule has 1 N–H and O–H groups in total. The molecule has 24 heavy (non-hydrogen) atoms. The van der Waals surface area contributed by atoms with Crippen molar-refractivity contribution in [3.8, 4) is 5.75 Å². The van der Waals surface area contributed by atoms with Crippen molar-refractivity contribution in [2.45, 2.75) is 32.0 Å². The van der Waals surface area contributed by atoms with Crippen LogP contribution in [0, 0.1) is 0 Å². The van der Waals surface area contributed by atoms with E-state index in [0.717, 1.165) is 22.9 Å². The van der Waals surface area contributed by atoms with E-state index in [1.807, 2.05) is 24.3 Å². The van der Waals surface area contributed by atoms with E-state index in [2.05, 4.69) is 41.7 Å². The molecule has 1 aliphatic carbocycles. The van der Waals surface area contributed by atoms with Crippen LogP contribution in [0.4, 0.5) is 0 Å². The largest absolute Gasteiger partial charge is 0.489 e. The molecule has 0 radical (unpaired) electrons. The minimum Gasteiger partial charge on any atom is -0.489 e. The highest BCUT2D eigenvalue weighted by atomic mass is 35.5. The van der Waals surface area contributed by atoms with Crippen molar-refractivity contribution in [3.05, 3.63) is 76.8 Å². The zero-order valence-electron chi connectivity index (χ0n) is 13.5. The first kappa shape index (κ1) is 15.5. The number of halogens is 1. The van der Waals surface area contributed by atoms with Crippen molar-refractivity contribution < 1.29 is 4.74 Å². The number of hydrogen-bond donors (Lipinski definition) is 1. The molecule has 0 bridgehead atoms. The Hall–Kier alpha value is -2.03. The van der Waals surface area contributed by atoms with Gasteiger partial charge in [-0.2, -0.15) is 0 Å². The normalized spacial score (nSPS) is 14.0. The molecule has 3 heteroatoms. The van der Waals surface area contributed by atoms with E-state index < -0.39 is 0 Å². The van der Waals surface area contributed by atoms with Crippen LogP contribution in [0.25, 0.3) is 10.8 Å². The maximum atomic E-state index is 6.14. The van der Waals surface area contributed by atoms with E-state index in [4.69, 9.17) is 16.3 Å². The molecule has 0 unspecified atom stereocenters. The minimum atomic E-state index is 0.523. The van der Waals surface area contributed by atoms with E-state index >= 15 is 0 Å². The molecule has 1 fully saturated rings. The summed E-state index contributed by atoms with van der Waals surface area (Å²) in [5.41, 5.74) is 2.32. The number of fused-ring (bicyclic) bond motifs is 1. The molecular weight excluding hydrogens is 318 g/mol. The van der Waals surface area contributed by atoms with Gasteiger partial charge in [-0.3, -0.25) is 0 Å². The van der Waals surface area contributed by atoms with Crippen LogP contribution >= 0.6 is 11.6 Å². The van der Waals surface area contributed by atoms with Crippen molar-refractivity contribution in [1.82, 2.24) is 5.32 Å². The molecule has 0 amide bonds. The van der Waals surface area contributed by atoms with Gasteiger partial charge in [0.05, 0.1) is 0 Å². The Bertz CT molecular complexity index is 857. The summed E-state index contributed by atoms with van der Waals surface area (Å²) in [5, 5.41) is 6.86. The third-order valence-electron chi connectivity index (χ3n) is 4.43. The molecule has 3 aromatic rings. The number of hydrogen-bond acceptors (Lipinski definition) is 2. The lowest BCUT2D eigenvalue weighted by molar-refractivity contribution is 0.302.